The summed E-state index contributed by atoms with van der Waals surface area (Å²) in [5, 5.41) is 2.94. The van der Waals surface area contributed by atoms with Gasteiger partial charge in [0.25, 0.3) is 0 Å². The minimum atomic E-state index is -3.67. The molecule has 8 heteroatoms. The van der Waals surface area contributed by atoms with Crippen LogP contribution in [0.5, 0.6) is 11.5 Å². The van der Waals surface area contributed by atoms with Crippen LogP contribution in [-0.4, -0.2) is 45.9 Å². The molecule has 162 valence electrons. The number of amides is 1. The highest BCUT2D eigenvalue weighted by Gasteiger charge is 2.32. The first kappa shape index (κ1) is 22.1. The number of carbonyl (C=O) groups is 1. The molecule has 0 aromatic heterocycles. The molecule has 1 aliphatic heterocycles. The second-order valence-corrected chi connectivity index (χ2v) is 9.17. The van der Waals surface area contributed by atoms with Gasteiger partial charge in [-0.05, 0) is 49.1 Å². The summed E-state index contributed by atoms with van der Waals surface area (Å²) in [6.45, 7) is 2.67. The number of anilines is 1. The Balaban J connectivity index is 1.63. The normalized spacial score (nSPS) is 15.6. The molecular formula is C22H28N2O5S. The first-order valence-corrected chi connectivity index (χ1v) is 11.4. The van der Waals surface area contributed by atoms with E-state index in [4.69, 9.17) is 9.47 Å². The highest BCUT2D eigenvalue weighted by atomic mass is 32.2. The number of methoxy groups -OCH3 is 2. The van der Waals surface area contributed by atoms with E-state index in [2.05, 4.69) is 12.2 Å². The molecule has 1 aliphatic rings. The smallest absolute Gasteiger partial charge is 0.243 e. The van der Waals surface area contributed by atoms with E-state index in [1.165, 1.54) is 36.2 Å². The number of hydrogen-bond donors (Lipinski definition) is 1. The summed E-state index contributed by atoms with van der Waals surface area (Å²) in [6, 6.07) is 12.3. The van der Waals surface area contributed by atoms with E-state index in [-0.39, 0.29) is 16.7 Å². The minimum Gasteiger partial charge on any atom is -0.493 e. The summed E-state index contributed by atoms with van der Waals surface area (Å²) in [5.74, 6) is 0.552. The zero-order chi connectivity index (χ0) is 21.7. The average Bonchev–Trinajstić information content (AvgIpc) is 2.79. The number of rotatable bonds is 7. The summed E-state index contributed by atoms with van der Waals surface area (Å²) in [6.07, 6.45) is 1.90. The number of carbonyl (C=O) groups excluding carboxylic acids is 1. The van der Waals surface area contributed by atoms with Crippen LogP contribution in [0.1, 0.15) is 25.3 Å². The van der Waals surface area contributed by atoms with Crippen LogP contribution in [0.3, 0.4) is 0 Å². The van der Waals surface area contributed by atoms with Crippen molar-refractivity contribution in [3.05, 3.63) is 48.0 Å². The zero-order valence-corrected chi connectivity index (χ0v) is 18.4. The topological polar surface area (TPSA) is 84.9 Å². The van der Waals surface area contributed by atoms with Gasteiger partial charge in [0.15, 0.2) is 11.5 Å². The Morgan fingerprint density at radius 3 is 2.23 bits per heavy atom. The van der Waals surface area contributed by atoms with Crippen molar-refractivity contribution in [2.24, 2.45) is 5.92 Å². The molecule has 0 unspecified atom stereocenters. The van der Waals surface area contributed by atoms with Gasteiger partial charge in [-0.15, -0.1) is 0 Å². The lowest BCUT2D eigenvalue weighted by atomic mass is 9.97. The molecule has 30 heavy (non-hydrogen) atoms. The lowest BCUT2D eigenvalue weighted by Crippen LogP contribution is -2.41. The van der Waals surface area contributed by atoms with E-state index in [1.807, 2.05) is 24.3 Å². The van der Waals surface area contributed by atoms with Crippen LogP contribution in [0.4, 0.5) is 5.69 Å². The average molecular weight is 433 g/mol. The lowest BCUT2D eigenvalue weighted by molar-refractivity contribution is -0.120. The SMILES string of the molecule is CCc1ccc(NC(=O)C2CCN(S(=O)(=O)c3ccc(OC)c(OC)c3)CC2)cc1. The van der Waals surface area contributed by atoms with Crippen LogP contribution in [0.25, 0.3) is 0 Å². The minimum absolute atomic E-state index is 0.0672. The first-order chi connectivity index (χ1) is 14.4. The van der Waals surface area contributed by atoms with Crippen LogP contribution in [-0.2, 0) is 21.2 Å². The summed E-state index contributed by atoms with van der Waals surface area (Å²) < 4.78 is 37.8. The Hall–Kier alpha value is -2.58. The molecule has 1 N–H and O–H groups in total. The van der Waals surface area contributed by atoms with Crippen molar-refractivity contribution < 1.29 is 22.7 Å². The number of nitrogens with one attached hydrogen (secondary N) is 1. The first-order valence-electron chi connectivity index (χ1n) is 10.0. The van der Waals surface area contributed by atoms with Crippen molar-refractivity contribution in [3.63, 3.8) is 0 Å². The van der Waals surface area contributed by atoms with Crippen LogP contribution in [0.2, 0.25) is 0 Å². The van der Waals surface area contributed by atoms with E-state index in [1.54, 1.807) is 6.07 Å². The number of benzene rings is 2. The van der Waals surface area contributed by atoms with Crippen molar-refractivity contribution in [1.82, 2.24) is 4.31 Å². The fourth-order valence-corrected chi connectivity index (χ4v) is 5.04. The molecule has 2 aromatic rings. The molecule has 0 radical (unpaired) electrons. The van der Waals surface area contributed by atoms with Gasteiger partial charge in [0.05, 0.1) is 19.1 Å². The quantitative estimate of drug-likeness (QED) is 0.726. The molecule has 0 atom stereocenters. The molecule has 1 fully saturated rings. The molecule has 7 nitrogen and oxygen atoms in total. The van der Waals surface area contributed by atoms with E-state index < -0.39 is 10.0 Å². The predicted octanol–water partition coefficient (Wildman–Crippen LogP) is 3.31. The molecule has 1 saturated heterocycles. The van der Waals surface area contributed by atoms with Gasteiger partial charge in [0.1, 0.15) is 0 Å². The van der Waals surface area contributed by atoms with Gasteiger partial charge in [0, 0.05) is 30.8 Å². The van der Waals surface area contributed by atoms with E-state index >= 15 is 0 Å². The van der Waals surface area contributed by atoms with E-state index in [9.17, 15) is 13.2 Å². The third kappa shape index (κ3) is 4.76. The maximum absolute atomic E-state index is 13.0. The standard InChI is InChI=1S/C22H28N2O5S/c1-4-16-5-7-18(8-6-16)23-22(25)17-11-13-24(14-12-17)30(26,27)19-9-10-20(28-2)21(15-19)29-3/h5-10,15,17H,4,11-14H2,1-3H3,(H,23,25). The van der Waals surface area contributed by atoms with Gasteiger partial charge < -0.3 is 14.8 Å². The molecule has 1 heterocycles. The largest absolute Gasteiger partial charge is 0.493 e. The van der Waals surface area contributed by atoms with Gasteiger partial charge >= 0.3 is 0 Å². The van der Waals surface area contributed by atoms with Gasteiger partial charge in [-0.2, -0.15) is 4.31 Å². The van der Waals surface area contributed by atoms with E-state index in [0.29, 0.717) is 37.4 Å². The summed E-state index contributed by atoms with van der Waals surface area (Å²) in [7, 11) is -0.703. The number of hydrogen-bond acceptors (Lipinski definition) is 5. The van der Waals surface area contributed by atoms with Crippen molar-refractivity contribution in [2.45, 2.75) is 31.1 Å². The highest BCUT2D eigenvalue weighted by molar-refractivity contribution is 7.89. The third-order valence-electron chi connectivity index (χ3n) is 5.45. The molecule has 1 amide bonds. The number of nitrogens with zero attached hydrogens (tertiary/aromatic N) is 1. The van der Waals surface area contributed by atoms with Crippen LogP contribution in [0, 0.1) is 5.92 Å². The maximum Gasteiger partial charge on any atom is 0.243 e. The number of sulfonamides is 1. The van der Waals surface area contributed by atoms with Crippen LogP contribution < -0.4 is 14.8 Å². The second kappa shape index (κ2) is 9.49. The van der Waals surface area contributed by atoms with Gasteiger partial charge in [-0.1, -0.05) is 19.1 Å². The van der Waals surface area contributed by atoms with E-state index in [0.717, 1.165) is 12.1 Å². The monoisotopic (exact) mass is 432 g/mol. The molecule has 0 saturated carbocycles. The third-order valence-corrected chi connectivity index (χ3v) is 7.34. The highest BCUT2D eigenvalue weighted by Crippen LogP contribution is 2.32. The Morgan fingerprint density at radius 1 is 1.03 bits per heavy atom. The molecule has 3 rings (SSSR count). The number of piperidine rings is 1. The van der Waals surface area contributed by atoms with Gasteiger partial charge in [-0.3, -0.25) is 4.79 Å². The molecular weight excluding hydrogens is 404 g/mol. The maximum atomic E-state index is 13.0. The molecule has 2 aromatic carbocycles. The Morgan fingerprint density at radius 2 is 1.67 bits per heavy atom. The molecule has 0 aliphatic carbocycles. The van der Waals surface area contributed by atoms with Gasteiger partial charge in [-0.25, -0.2) is 8.42 Å². The Kier molecular flexibility index (Phi) is 6.99. The van der Waals surface area contributed by atoms with Crippen molar-refractivity contribution in [2.75, 3.05) is 32.6 Å². The van der Waals surface area contributed by atoms with Crippen molar-refractivity contribution in [3.8, 4) is 11.5 Å². The summed E-state index contributed by atoms with van der Waals surface area (Å²) in [5.41, 5.74) is 1.97. The summed E-state index contributed by atoms with van der Waals surface area (Å²) in [4.78, 5) is 12.7. The van der Waals surface area contributed by atoms with Crippen LogP contribution >= 0.6 is 0 Å². The molecule has 0 bridgehead atoms. The fourth-order valence-electron chi connectivity index (χ4n) is 3.55. The second-order valence-electron chi connectivity index (χ2n) is 7.23. The predicted molar refractivity (Wildman–Crippen MR) is 115 cm³/mol. The van der Waals surface area contributed by atoms with Crippen molar-refractivity contribution >= 4 is 21.6 Å². The molecule has 0 spiro atoms. The van der Waals surface area contributed by atoms with Crippen molar-refractivity contribution in [1.29, 1.82) is 0 Å². The Bertz CT molecular complexity index is 981. The fraction of sp³-hybridized carbons (Fsp3) is 0.409. The van der Waals surface area contributed by atoms with Crippen LogP contribution in [0.15, 0.2) is 47.4 Å². The lowest BCUT2D eigenvalue weighted by Gasteiger charge is -2.30. The Labute approximate surface area is 178 Å². The number of ether oxygens (including phenoxy) is 2. The number of aryl methyl sites for hydroxylation is 1. The zero-order valence-electron chi connectivity index (χ0n) is 17.6. The van der Waals surface area contributed by atoms with Gasteiger partial charge in [0.2, 0.25) is 15.9 Å². The summed E-state index contributed by atoms with van der Waals surface area (Å²) >= 11 is 0.